The number of anilines is 1. The van der Waals surface area contributed by atoms with Crippen LogP contribution in [0, 0.1) is 12.7 Å². The SMILES string of the molecule is CCc1ccc(S(=O)(=O)c2cn(CC(=O)Nc3ccccc3C)c3ccc(F)cc3c2=O)cc1. The Morgan fingerprint density at radius 3 is 2.41 bits per heavy atom. The molecule has 3 aromatic carbocycles. The molecule has 8 heteroatoms. The summed E-state index contributed by atoms with van der Waals surface area (Å²) in [7, 11) is -4.21. The molecule has 0 radical (unpaired) electrons. The van der Waals surface area contributed by atoms with Gasteiger partial charge in [0.1, 0.15) is 17.3 Å². The lowest BCUT2D eigenvalue weighted by Gasteiger charge is -2.15. The van der Waals surface area contributed by atoms with Gasteiger partial charge in [-0.2, -0.15) is 0 Å². The fraction of sp³-hybridized carbons (Fsp3) is 0.154. The molecular formula is C26H23FN2O4S. The summed E-state index contributed by atoms with van der Waals surface area (Å²) >= 11 is 0. The summed E-state index contributed by atoms with van der Waals surface area (Å²) in [6, 6.07) is 17.0. The number of hydrogen-bond donors (Lipinski definition) is 1. The molecule has 0 saturated carbocycles. The molecule has 0 unspecified atom stereocenters. The van der Waals surface area contributed by atoms with Crippen molar-refractivity contribution in [2.45, 2.75) is 36.6 Å². The lowest BCUT2D eigenvalue weighted by molar-refractivity contribution is -0.116. The van der Waals surface area contributed by atoms with Crippen molar-refractivity contribution in [1.82, 2.24) is 4.57 Å². The molecule has 0 aliphatic rings. The number of halogens is 1. The van der Waals surface area contributed by atoms with Crippen LogP contribution in [0.15, 0.2) is 87.5 Å². The van der Waals surface area contributed by atoms with Crippen LogP contribution in [0.4, 0.5) is 10.1 Å². The number of carbonyl (C=O) groups is 1. The van der Waals surface area contributed by atoms with Gasteiger partial charge >= 0.3 is 0 Å². The van der Waals surface area contributed by atoms with Crippen molar-refractivity contribution in [3.63, 3.8) is 0 Å². The molecule has 1 N–H and O–H groups in total. The summed E-state index contributed by atoms with van der Waals surface area (Å²) in [6.07, 6.45) is 1.89. The Kier molecular flexibility index (Phi) is 6.34. The Morgan fingerprint density at radius 2 is 1.74 bits per heavy atom. The van der Waals surface area contributed by atoms with Crippen molar-refractivity contribution < 1.29 is 17.6 Å². The molecule has 0 aliphatic heterocycles. The van der Waals surface area contributed by atoms with Gasteiger partial charge in [0.25, 0.3) is 0 Å². The number of fused-ring (bicyclic) bond motifs is 1. The number of sulfone groups is 1. The van der Waals surface area contributed by atoms with E-state index in [0.29, 0.717) is 5.69 Å². The average molecular weight is 479 g/mol. The van der Waals surface area contributed by atoms with E-state index in [1.807, 2.05) is 26.0 Å². The smallest absolute Gasteiger partial charge is 0.244 e. The maximum atomic E-state index is 14.0. The first-order valence-electron chi connectivity index (χ1n) is 10.7. The van der Waals surface area contributed by atoms with E-state index in [2.05, 4.69) is 5.32 Å². The quantitative estimate of drug-likeness (QED) is 0.443. The molecule has 0 saturated heterocycles. The first-order chi connectivity index (χ1) is 16.2. The van der Waals surface area contributed by atoms with Crippen LogP contribution in [-0.4, -0.2) is 18.9 Å². The van der Waals surface area contributed by atoms with Crippen molar-refractivity contribution in [1.29, 1.82) is 0 Å². The second kappa shape index (κ2) is 9.23. The van der Waals surface area contributed by atoms with Crippen LogP contribution in [0.2, 0.25) is 0 Å². The molecule has 174 valence electrons. The van der Waals surface area contributed by atoms with Gasteiger partial charge in [-0.15, -0.1) is 0 Å². The Morgan fingerprint density at radius 1 is 1.03 bits per heavy atom. The number of carbonyl (C=O) groups excluding carboxylic acids is 1. The molecule has 6 nitrogen and oxygen atoms in total. The number of aryl methyl sites for hydroxylation is 2. The van der Waals surface area contributed by atoms with E-state index >= 15 is 0 Å². The molecule has 4 rings (SSSR count). The monoisotopic (exact) mass is 478 g/mol. The molecule has 0 atom stereocenters. The van der Waals surface area contributed by atoms with Crippen molar-refractivity contribution in [3.05, 3.63) is 100 Å². The third kappa shape index (κ3) is 4.49. The minimum atomic E-state index is -4.21. The highest BCUT2D eigenvalue weighted by Gasteiger charge is 2.24. The first kappa shape index (κ1) is 23.4. The second-order valence-electron chi connectivity index (χ2n) is 7.98. The Balaban J connectivity index is 1.82. The van der Waals surface area contributed by atoms with Gasteiger partial charge in [0.05, 0.1) is 10.4 Å². The number of pyridine rings is 1. The number of amides is 1. The van der Waals surface area contributed by atoms with E-state index in [0.717, 1.165) is 35.9 Å². The predicted octanol–water partition coefficient (Wildman–Crippen LogP) is 4.48. The maximum absolute atomic E-state index is 14.0. The van der Waals surface area contributed by atoms with Crippen LogP contribution in [0.5, 0.6) is 0 Å². The van der Waals surface area contributed by atoms with Gasteiger partial charge in [0, 0.05) is 17.3 Å². The molecule has 34 heavy (non-hydrogen) atoms. The van der Waals surface area contributed by atoms with Crippen molar-refractivity contribution in [2.24, 2.45) is 0 Å². The van der Waals surface area contributed by atoms with Crippen molar-refractivity contribution in [3.8, 4) is 0 Å². The lowest BCUT2D eigenvalue weighted by Crippen LogP contribution is -2.24. The lowest BCUT2D eigenvalue weighted by atomic mass is 10.2. The van der Waals surface area contributed by atoms with Gasteiger partial charge < -0.3 is 9.88 Å². The zero-order valence-electron chi connectivity index (χ0n) is 18.7. The summed E-state index contributed by atoms with van der Waals surface area (Å²) in [4.78, 5) is 25.4. The maximum Gasteiger partial charge on any atom is 0.244 e. The molecule has 0 bridgehead atoms. The van der Waals surface area contributed by atoms with Crippen molar-refractivity contribution in [2.75, 3.05) is 5.32 Å². The number of benzene rings is 3. The highest BCUT2D eigenvalue weighted by Crippen LogP contribution is 2.23. The third-order valence-electron chi connectivity index (χ3n) is 5.67. The zero-order valence-corrected chi connectivity index (χ0v) is 19.5. The summed E-state index contributed by atoms with van der Waals surface area (Å²) in [5, 5.41) is 2.67. The summed E-state index contributed by atoms with van der Waals surface area (Å²) in [5.74, 6) is -1.10. The van der Waals surface area contributed by atoms with Gasteiger partial charge in [-0.05, 0) is 60.9 Å². The Hall–Kier alpha value is -3.78. The molecule has 0 fully saturated rings. The standard InChI is InChI=1S/C26H23FN2O4S/c1-3-18-8-11-20(12-9-18)34(32,33)24-15-29(23-13-10-19(27)14-21(23)26(24)31)16-25(30)28-22-7-5-4-6-17(22)2/h4-15H,3,16H2,1-2H3,(H,28,30). The summed E-state index contributed by atoms with van der Waals surface area (Å²) < 4.78 is 42.1. The second-order valence-corrected chi connectivity index (χ2v) is 9.89. The van der Waals surface area contributed by atoms with E-state index in [4.69, 9.17) is 0 Å². The Labute approximate surface area is 196 Å². The minimum Gasteiger partial charge on any atom is -0.336 e. The van der Waals surface area contributed by atoms with E-state index in [1.54, 1.807) is 24.3 Å². The molecule has 1 heterocycles. The van der Waals surface area contributed by atoms with E-state index in [9.17, 15) is 22.4 Å². The van der Waals surface area contributed by atoms with Crippen molar-refractivity contribution >= 4 is 32.3 Å². The molecule has 4 aromatic rings. The van der Waals surface area contributed by atoms with E-state index in [1.165, 1.54) is 22.8 Å². The minimum absolute atomic E-state index is 0.0477. The van der Waals surface area contributed by atoms with Gasteiger partial charge in [-0.1, -0.05) is 37.3 Å². The van der Waals surface area contributed by atoms with Gasteiger partial charge in [-0.25, -0.2) is 12.8 Å². The largest absolute Gasteiger partial charge is 0.336 e. The molecule has 0 aliphatic carbocycles. The average Bonchev–Trinajstić information content (AvgIpc) is 2.82. The fourth-order valence-electron chi connectivity index (χ4n) is 3.75. The highest BCUT2D eigenvalue weighted by atomic mass is 32.2. The number of hydrogen-bond acceptors (Lipinski definition) is 4. The Bertz CT molecular complexity index is 1560. The van der Waals surface area contributed by atoms with Crippen LogP contribution < -0.4 is 10.7 Å². The number of rotatable bonds is 6. The van der Waals surface area contributed by atoms with Gasteiger partial charge in [0.15, 0.2) is 0 Å². The van der Waals surface area contributed by atoms with Gasteiger partial charge in [0.2, 0.25) is 21.2 Å². The third-order valence-corrected chi connectivity index (χ3v) is 7.44. The number of nitrogens with one attached hydrogen (secondary N) is 1. The van der Waals surface area contributed by atoms with Crippen LogP contribution in [-0.2, 0) is 27.6 Å². The molecule has 0 spiro atoms. The number of aromatic nitrogens is 1. The molecule has 1 amide bonds. The van der Waals surface area contributed by atoms with Gasteiger partial charge in [-0.3, -0.25) is 9.59 Å². The summed E-state index contributed by atoms with van der Waals surface area (Å²) in [6.45, 7) is 3.53. The van der Waals surface area contributed by atoms with Crippen LogP contribution >= 0.6 is 0 Å². The topological polar surface area (TPSA) is 85.2 Å². The highest BCUT2D eigenvalue weighted by molar-refractivity contribution is 7.91. The van der Waals surface area contributed by atoms with Crippen LogP contribution in [0.1, 0.15) is 18.1 Å². The molecule has 1 aromatic heterocycles. The predicted molar refractivity (Wildman–Crippen MR) is 129 cm³/mol. The first-order valence-corrected chi connectivity index (χ1v) is 12.2. The van der Waals surface area contributed by atoms with E-state index < -0.39 is 31.9 Å². The fourth-order valence-corrected chi connectivity index (χ4v) is 5.12. The zero-order chi connectivity index (χ0) is 24.5. The number of para-hydroxylation sites is 1. The molecular weight excluding hydrogens is 455 g/mol. The van der Waals surface area contributed by atoms with Crippen LogP contribution in [0.3, 0.4) is 0 Å². The van der Waals surface area contributed by atoms with E-state index in [-0.39, 0.29) is 22.3 Å². The normalized spacial score (nSPS) is 11.5. The number of nitrogens with zero attached hydrogens (tertiary/aromatic N) is 1. The van der Waals surface area contributed by atoms with Crippen LogP contribution in [0.25, 0.3) is 10.9 Å². The summed E-state index contributed by atoms with van der Waals surface area (Å²) in [5.41, 5.74) is 1.87.